The van der Waals surface area contributed by atoms with Crippen molar-refractivity contribution in [3.05, 3.63) is 0 Å². The van der Waals surface area contributed by atoms with Crippen LogP contribution in [0.3, 0.4) is 0 Å². The van der Waals surface area contributed by atoms with Crippen molar-refractivity contribution in [1.82, 2.24) is 15.5 Å². The monoisotopic (exact) mass is 230 g/mol. The van der Waals surface area contributed by atoms with Gasteiger partial charge in [0, 0.05) is 39.1 Å². The van der Waals surface area contributed by atoms with Gasteiger partial charge in [-0.25, -0.2) is 4.79 Å². The molecule has 0 aromatic heterocycles. The molecule has 0 saturated carbocycles. The Morgan fingerprint density at radius 1 is 1.19 bits per heavy atom. The fourth-order valence-corrected chi connectivity index (χ4v) is 0.913. The van der Waals surface area contributed by atoms with Crippen LogP contribution in [0.25, 0.3) is 0 Å². The first-order chi connectivity index (χ1) is 7.36. The van der Waals surface area contributed by atoms with Crippen molar-refractivity contribution in [2.75, 3.05) is 27.2 Å². The lowest BCUT2D eigenvalue weighted by Crippen LogP contribution is -2.43. The van der Waals surface area contributed by atoms with E-state index < -0.39 is 0 Å². The molecule has 0 bridgehead atoms. The third-order valence-corrected chi connectivity index (χ3v) is 2.31. The van der Waals surface area contributed by atoms with Crippen molar-refractivity contribution in [2.45, 2.75) is 19.9 Å². The zero-order valence-corrected chi connectivity index (χ0v) is 10.4. The smallest absolute Gasteiger partial charge is 0.316 e. The fraction of sp³-hybridized carbons (Fsp3) is 0.800. The van der Waals surface area contributed by atoms with Gasteiger partial charge in [0.1, 0.15) is 0 Å². The molecule has 2 unspecified atom stereocenters. The van der Waals surface area contributed by atoms with E-state index in [1.165, 1.54) is 4.90 Å². The first kappa shape index (κ1) is 14.7. The third-order valence-electron chi connectivity index (χ3n) is 2.31. The second-order valence-corrected chi connectivity index (χ2v) is 4.07. The van der Waals surface area contributed by atoms with Gasteiger partial charge in [0.2, 0.25) is 5.91 Å². The van der Waals surface area contributed by atoms with Crippen LogP contribution in [0.2, 0.25) is 0 Å². The second-order valence-electron chi connectivity index (χ2n) is 4.07. The summed E-state index contributed by atoms with van der Waals surface area (Å²) in [5, 5.41) is 5.35. The van der Waals surface area contributed by atoms with E-state index >= 15 is 0 Å². The molecular formula is C10H22N4O2. The second kappa shape index (κ2) is 7.05. The average molecular weight is 230 g/mol. The van der Waals surface area contributed by atoms with Crippen LogP contribution in [0.4, 0.5) is 4.79 Å². The van der Waals surface area contributed by atoms with E-state index in [2.05, 4.69) is 10.6 Å². The Morgan fingerprint density at radius 3 is 2.12 bits per heavy atom. The Bertz CT molecular complexity index is 241. The summed E-state index contributed by atoms with van der Waals surface area (Å²) in [7, 11) is 3.32. The highest BCUT2D eigenvalue weighted by Gasteiger charge is 2.16. The standard InChI is InChI=1S/C10H22N4O2/c1-7(8(2)11)9(15)12-5-6-13-10(16)14(3)4/h7-8H,5-6,11H2,1-4H3,(H,12,15)(H,13,16). The van der Waals surface area contributed by atoms with E-state index in [4.69, 9.17) is 5.73 Å². The lowest BCUT2D eigenvalue weighted by molar-refractivity contribution is -0.124. The van der Waals surface area contributed by atoms with Crippen LogP contribution in [-0.2, 0) is 4.79 Å². The van der Waals surface area contributed by atoms with Gasteiger partial charge in [-0.3, -0.25) is 4.79 Å². The quantitative estimate of drug-likeness (QED) is 0.549. The molecule has 2 atom stereocenters. The average Bonchev–Trinajstić information content (AvgIpc) is 2.22. The molecule has 0 aliphatic rings. The number of carbonyl (C=O) groups is 2. The van der Waals surface area contributed by atoms with Crippen molar-refractivity contribution in [3.8, 4) is 0 Å². The van der Waals surface area contributed by atoms with E-state index in [0.717, 1.165) is 0 Å². The highest BCUT2D eigenvalue weighted by Crippen LogP contribution is 1.98. The first-order valence-electron chi connectivity index (χ1n) is 5.34. The lowest BCUT2D eigenvalue weighted by Gasteiger charge is -2.16. The van der Waals surface area contributed by atoms with Crippen LogP contribution in [0.5, 0.6) is 0 Å². The van der Waals surface area contributed by atoms with Gasteiger partial charge in [-0.1, -0.05) is 6.92 Å². The molecule has 6 heteroatoms. The highest BCUT2D eigenvalue weighted by atomic mass is 16.2. The molecule has 6 nitrogen and oxygen atoms in total. The number of amides is 3. The molecule has 0 aromatic carbocycles. The molecule has 0 aromatic rings. The van der Waals surface area contributed by atoms with Crippen molar-refractivity contribution in [3.63, 3.8) is 0 Å². The molecule has 0 rings (SSSR count). The lowest BCUT2D eigenvalue weighted by atomic mass is 10.0. The van der Waals surface area contributed by atoms with E-state index in [0.29, 0.717) is 13.1 Å². The van der Waals surface area contributed by atoms with Crippen molar-refractivity contribution < 1.29 is 9.59 Å². The van der Waals surface area contributed by atoms with Crippen LogP contribution in [0.1, 0.15) is 13.8 Å². The van der Waals surface area contributed by atoms with Crippen LogP contribution < -0.4 is 16.4 Å². The Labute approximate surface area is 96.5 Å². The Balaban J connectivity index is 3.67. The van der Waals surface area contributed by atoms with Crippen molar-refractivity contribution >= 4 is 11.9 Å². The normalized spacial score (nSPS) is 13.8. The van der Waals surface area contributed by atoms with Gasteiger partial charge < -0.3 is 21.3 Å². The molecule has 4 N–H and O–H groups in total. The number of nitrogens with two attached hydrogens (primary N) is 1. The van der Waals surface area contributed by atoms with Gasteiger partial charge in [0.15, 0.2) is 0 Å². The zero-order valence-electron chi connectivity index (χ0n) is 10.4. The van der Waals surface area contributed by atoms with Gasteiger partial charge in [-0.15, -0.1) is 0 Å². The minimum Gasteiger partial charge on any atom is -0.354 e. The van der Waals surface area contributed by atoms with Gasteiger partial charge >= 0.3 is 6.03 Å². The van der Waals surface area contributed by atoms with Crippen LogP contribution >= 0.6 is 0 Å². The Morgan fingerprint density at radius 2 is 1.69 bits per heavy atom. The summed E-state index contributed by atoms with van der Waals surface area (Å²) in [6, 6.07) is -0.342. The molecule has 0 aliphatic carbocycles. The predicted molar refractivity (Wildman–Crippen MR) is 62.9 cm³/mol. The molecule has 0 radical (unpaired) electrons. The molecule has 3 amide bonds. The van der Waals surface area contributed by atoms with Crippen LogP contribution in [0, 0.1) is 5.92 Å². The largest absolute Gasteiger partial charge is 0.354 e. The number of nitrogens with one attached hydrogen (secondary N) is 2. The van der Waals surface area contributed by atoms with Crippen molar-refractivity contribution in [2.24, 2.45) is 11.7 Å². The maximum absolute atomic E-state index is 11.4. The number of nitrogens with zero attached hydrogens (tertiary/aromatic N) is 1. The van der Waals surface area contributed by atoms with Crippen molar-refractivity contribution in [1.29, 1.82) is 0 Å². The summed E-state index contributed by atoms with van der Waals surface area (Å²) < 4.78 is 0. The van der Waals surface area contributed by atoms with E-state index in [9.17, 15) is 9.59 Å². The van der Waals surface area contributed by atoms with Gasteiger partial charge in [0.25, 0.3) is 0 Å². The summed E-state index contributed by atoms with van der Waals surface area (Å²) in [5.41, 5.74) is 5.59. The number of hydrogen-bond acceptors (Lipinski definition) is 3. The van der Waals surface area contributed by atoms with Gasteiger partial charge in [-0.2, -0.15) is 0 Å². The molecule has 16 heavy (non-hydrogen) atoms. The molecule has 0 saturated heterocycles. The van der Waals surface area contributed by atoms with Gasteiger partial charge in [-0.05, 0) is 6.92 Å². The topological polar surface area (TPSA) is 87.5 Å². The molecule has 0 spiro atoms. The van der Waals surface area contributed by atoms with E-state index in [1.54, 1.807) is 27.9 Å². The van der Waals surface area contributed by atoms with Crippen LogP contribution in [0.15, 0.2) is 0 Å². The zero-order chi connectivity index (χ0) is 12.7. The Kier molecular flexibility index (Phi) is 6.48. The summed E-state index contributed by atoms with van der Waals surface area (Å²) in [6.07, 6.45) is 0. The molecule has 0 aliphatic heterocycles. The fourth-order valence-electron chi connectivity index (χ4n) is 0.913. The van der Waals surface area contributed by atoms with Crippen LogP contribution in [-0.4, -0.2) is 50.1 Å². The number of rotatable bonds is 5. The summed E-state index contributed by atoms with van der Waals surface area (Å²) in [6.45, 7) is 4.39. The molecular weight excluding hydrogens is 208 g/mol. The Hall–Kier alpha value is -1.30. The predicted octanol–water partition coefficient (Wildman–Crippen LogP) is -0.643. The minimum atomic E-state index is -0.218. The minimum absolute atomic E-state index is 0.0888. The maximum Gasteiger partial charge on any atom is 0.316 e. The maximum atomic E-state index is 11.4. The summed E-state index contributed by atoms with van der Waals surface area (Å²) in [5.74, 6) is -0.307. The third kappa shape index (κ3) is 5.55. The molecule has 94 valence electrons. The number of carbonyl (C=O) groups excluding carboxylic acids is 2. The highest BCUT2D eigenvalue weighted by molar-refractivity contribution is 5.79. The molecule has 0 heterocycles. The molecule has 0 fully saturated rings. The SMILES string of the molecule is CC(N)C(C)C(=O)NCCNC(=O)N(C)C. The summed E-state index contributed by atoms with van der Waals surface area (Å²) in [4.78, 5) is 24.0. The van der Waals surface area contributed by atoms with E-state index in [-0.39, 0.29) is 23.9 Å². The number of urea groups is 1. The number of hydrogen-bond donors (Lipinski definition) is 3. The summed E-state index contributed by atoms with van der Waals surface area (Å²) >= 11 is 0. The first-order valence-corrected chi connectivity index (χ1v) is 5.34. The van der Waals surface area contributed by atoms with E-state index in [1.807, 2.05) is 0 Å². The van der Waals surface area contributed by atoms with Gasteiger partial charge in [0.05, 0.1) is 0 Å².